The second-order valence-electron chi connectivity index (χ2n) is 2.83. The predicted molar refractivity (Wildman–Crippen MR) is 58.4 cm³/mol. The van der Waals surface area contributed by atoms with Crippen molar-refractivity contribution in [3.8, 4) is 0 Å². The minimum absolute atomic E-state index is 0.265. The monoisotopic (exact) mass is 247 g/mol. The van der Waals surface area contributed by atoms with Gasteiger partial charge < -0.3 is 0 Å². The quantitative estimate of drug-likeness (QED) is 0.623. The Morgan fingerprint density at radius 3 is 2.40 bits per heavy atom. The fourth-order valence-corrected chi connectivity index (χ4v) is 1.60. The van der Waals surface area contributed by atoms with E-state index in [1.54, 1.807) is 30.3 Å². The van der Waals surface area contributed by atoms with Crippen LogP contribution in [0.15, 0.2) is 30.3 Å². The van der Waals surface area contributed by atoms with Gasteiger partial charge in [0, 0.05) is 5.56 Å². The number of alkyl halides is 1. The van der Waals surface area contributed by atoms with E-state index >= 15 is 0 Å². The number of Topliss-reactive ketones (excluding diaryl/α,β-unsaturated/α-hetero) is 1. The Labute approximate surface area is 93.3 Å². The van der Waals surface area contributed by atoms with Crippen molar-refractivity contribution >= 4 is 27.4 Å². The molecule has 0 aliphatic heterocycles. The first-order valence-electron chi connectivity index (χ1n) is 4.17. The number of sulfonamides is 1. The number of halogens is 1. The molecule has 6 heteroatoms. The van der Waals surface area contributed by atoms with E-state index in [4.69, 9.17) is 11.6 Å². The molecule has 0 aromatic heterocycles. The van der Waals surface area contributed by atoms with Crippen LogP contribution in [-0.2, 0) is 10.0 Å². The summed E-state index contributed by atoms with van der Waals surface area (Å²) >= 11 is 5.16. The Kier molecular flexibility index (Phi) is 4.26. The topological polar surface area (TPSA) is 63.2 Å². The lowest BCUT2D eigenvalue weighted by Crippen LogP contribution is -2.30. The van der Waals surface area contributed by atoms with Crippen LogP contribution in [0.2, 0.25) is 0 Å². The third-order valence-corrected chi connectivity index (χ3v) is 3.43. The Bertz CT molecular complexity index is 430. The average molecular weight is 248 g/mol. The van der Waals surface area contributed by atoms with Crippen molar-refractivity contribution in [2.24, 2.45) is 0 Å². The summed E-state index contributed by atoms with van der Waals surface area (Å²) < 4.78 is 24.0. The van der Waals surface area contributed by atoms with Gasteiger partial charge in [0.05, 0.1) is 6.54 Å². The lowest BCUT2D eigenvalue weighted by Gasteiger charge is -2.02. The first-order chi connectivity index (χ1) is 7.05. The molecule has 4 nitrogen and oxygen atoms in total. The summed E-state index contributed by atoms with van der Waals surface area (Å²) in [6, 6.07) is 8.45. The standard InChI is InChI=1S/C9H10ClNO3S/c10-7-15(13,14)11-6-9(12)8-4-2-1-3-5-8/h1-5,11H,6-7H2. The molecule has 15 heavy (non-hydrogen) atoms. The minimum atomic E-state index is -3.53. The van der Waals surface area contributed by atoms with Crippen LogP contribution in [0.25, 0.3) is 0 Å². The summed E-state index contributed by atoms with van der Waals surface area (Å²) in [7, 11) is -3.53. The van der Waals surface area contributed by atoms with Crippen molar-refractivity contribution < 1.29 is 13.2 Å². The molecule has 0 radical (unpaired) electrons. The number of carbonyl (C=O) groups is 1. The van der Waals surface area contributed by atoms with E-state index in [-0.39, 0.29) is 12.3 Å². The lowest BCUT2D eigenvalue weighted by atomic mass is 10.1. The van der Waals surface area contributed by atoms with Crippen molar-refractivity contribution in [1.82, 2.24) is 4.72 Å². The van der Waals surface area contributed by atoms with E-state index in [2.05, 4.69) is 4.72 Å². The number of carbonyl (C=O) groups excluding carboxylic acids is 1. The maximum Gasteiger partial charge on any atom is 0.226 e. The lowest BCUT2D eigenvalue weighted by molar-refractivity contribution is 0.0997. The molecule has 1 aromatic rings. The van der Waals surface area contributed by atoms with Crippen LogP contribution in [0, 0.1) is 0 Å². The van der Waals surface area contributed by atoms with Gasteiger partial charge in [0.1, 0.15) is 5.21 Å². The highest BCUT2D eigenvalue weighted by Crippen LogP contribution is 1.99. The molecule has 0 fully saturated rings. The fraction of sp³-hybridized carbons (Fsp3) is 0.222. The zero-order chi connectivity index (χ0) is 11.3. The molecule has 0 amide bonds. The number of benzene rings is 1. The van der Waals surface area contributed by atoms with Gasteiger partial charge in [-0.3, -0.25) is 4.79 Å². The van der Waals surface area contributed by atoms with Gasteiger partial charge in [-0.1, -0.05) is 30.3 Å². The van der Waals surface area contributed by atoms with Gasteiger partial charge in [-0.2, -0.15) is 0 Å². The smallest absolute Gasteiger partial charge is 0.226 e. The van der Waals surface area contributed by atoms with E-state index in [1.807, 2.05) is 0 Å². The molecule has 0 heterocycles. The third kappa shape index (κ3) is 3.99. The second-order valence-corrected chi connectivity index (χ2v) is 5.23. The van der Waals surface area contributed by atoms with Gasteiger partial charge in [0.15, 0.2) is 5.78 Å². The van der Waals surface area contributed by atoms with Crippen LogP contribution in [0.4, 0.5) is 0 Å². The molecule has 0 saturated heterocycles. The minimum Gasteiger partial charge on any atom is -0.293 e. The molecule has 0 spiro atoms. The van der Waals surface area contributed by atoms with E-state index in [0.717, 1.165) is 0 Å². The largest absolute Gasteiger partial charge is 0.293 e. The Morgan fingerprint density at radius 1 is 1.27 bits per heavy atom. The Balaban J connectivity index is 2.59. The third-order valence-electron chi connectivity index (χ3n) is 1.69. The summed E-state index contributed by atoms with van der Waals surface area (Å²) in [6.45, 7) is -0.265. The van der Waals surface area contributed by atoms with Crippen LogP contribution in [-0.4, -0.2) is 26.0 Å². The molecule has 82 valence electrons. The van der Waals surface area contributed by atoms with Gasteiger partial charge in [0.25, 0.3) is 0 Å². The fourth-order valence-electron chi connectivity index (χ4n) is 0.940. The summed E-state index contributed by atoms with van der Waals surface area (Å²) in [5.41, 5.74) is 0.467. The first-order valence-corrected chi connectivity index (χ1v) is 6.35. The van der Waals surface area contributed by atoms with E-state index in [0.29, 0.717) is 5.56 Å². The van der Waals surface area contributed by atoms with Crippen LogP contribution >= 0.6 is 11.6 Å². The van der Waals surface area contributed by atoms with E-state index in [9.17, 15) is 13.2 Å². The maximum absolute atomic E-state index is 11.4. The van der Waals surface area contributed by atoms with Crippen molar-refractivity contribution in [3.63, 3.8) is 0 Å². The molecule has 0 bridgehead atoms. The van der Waals surface area contributed by atoms with Crippen molar-refractivity contribution in [1.29, 1.82) is 0 Å². The maximum atomic E-state index is 11.4. The van der Waals surface area contributed by atoms with Gasteiger partial charge in [-0.15, -0.1) is 11.6 Å². The molecular weight excluding hydrogens is 238 g/mol. The summed E-state index contributed by atoms with van der Waals surface area (Å²) in [6.07, 6.45) is 0. The number of hydrogen-bond donors (Lipinski definition) is 1. The molecule has 1 rings (SSSR count). The summed E-state index contributed by atoms with van der Waals surface area (Å²) in [5.74, 6) is -0.288. The van der Waals surface area contributed by atoms with Crippen molar-refractivity contribution in [3.05, 3.63) is 35.9 Å². The second kappa shape index (κ2) is 5.25. The van der Waals surface area contributed by atoms with E-state index < -0.39 is 15.2 Å². The highest BCUT2D eigenvalue weighted by molar-refractivity contribution is 7.90. The molecular formula is C9H10ClNO3S. The van der Waals surface area contributed by atoms with Crippen LogP contribution in [0.5, 0.6) is 0 Å². The van der Waals surface area contributed by atoms with Crippen LogP contribution < -0.4 is 4.72 Å². The molecule has 0 atom stereocenters. The highest BCUT2D eigenvalue weighted by atomic mass is 35.5. The van der Waals surface area contributed by atoms with Crippen molar-refractivity contribution in [2.75, 3.05) is 11.8 Å². The number of ketones is 1. The zero-order valence-corrected chi connectivity index (χ0v) is 9.38. The highest BCUT2D eigenvalue weighted by Gasteiger charge is 2.11. The van der Waals surface area contributed by atoms with Crippen LogP contribution in [0.1, 0.15) is 10.4 Å². The zero-order valence-electron chi connectivity index (χ0n) is 7.81. The summed E-state index contributed by atoms with van der Waals surface area (Å²) in [5, 5.41) is -0.547. The van der Waals surface area contributed by atoms with Gasteiger partial charge in [-0.25, -0.2) is 13.1 Å². The van der Waals surface area contributed by atoms with Crippen LogP contribution in [0.3, 0.4) is 0 Å². The van der Waals surface area contributed by atoms with Crippen molar-refractivity contribution in [2.45, 2.75) is 0 Å². The van der Waals surface area contributed by atoms with E-state index in [1.165, 1.54) is 0 Å². The predicted octanol–water partition coefficient (Wildman–Crippen LogP) is 0.985. The Morgan fingerprint density at radius 2 is 1.87 bits per heavy atom. The normalized spacial score (nSPS) is 11.3. The summed E-state index contributed by atoms with van der Waals surface area (Å²) in [4.78, 5) is 11.4. The molecule has 0 saturated carbocycles. The molecule has 0 aliphatic carbocycles. The molecule has 1 aromatic carbocycles. The Hall–Kier alpha value is -0.910. The van der Waals surface area contributed by atoms with Gasteiger partial charge in [-0.05, 0) is 0 Å². The van der Waals surface area contributed by atoms with Gasteiger partial charge in [0.2, 0.25) is 10.0 Å². The number of rotatable bonds is 5. The molecule has 0 unspecified atom stereocenters. The molecule has 1 N–H and O–H groups in total. The SMILES string of the molecule is O=C(CNS(=O)(=O)CCl)c1ccccc1. The van der Waals surface area contributed by atoms with Gasteiger partial charge >= 0.3 is 0 Å². The first kappa shape index (κ1) is 12.2. The average Bonchev–Trinajstić information content (AvgIpc) is 2.27. The number of hydrogen-bond acceptors (Lipinski definition) is 3. The molecule has 0 aliphatic rings. The number of nitrogens with one attached hydrogen (secondary N) is 1.